The molecule has 6 heteroatoms. The Kier molecular flexibility index (Phi) is 5.36. The van der Waals surface area contributed by atoms with Crippen LogP contribution in [0.3, 0.4) is 0 Å². The summed E-state index contributed by atoms with van der Waals surface area (Å²) >= 11 is 0. The molecule has 5 rings (SSSR count). The van der Waals surface area contributed by atoms with Gasteiger partial charge in [-0.25, -0.2) is 0 Å². The number of benzene rings is 3. The zero-order valence-corrected chi connectivity index (χ0v) is 19.2. The third-order valence-electron chi connectivity index (χ3n) is 6.42. The van der Waals surface area contributed by atoms with Crippen molar-refractivity contribution in [2.75, 3.05) is 12.0 Å². The Morgan fingerprint density at radius 2 is 1.79 bits per heavy atom. The topological polar surface area (TPSA) is 76.1 Å². The Morgan fingerprint density at radius 1 is 1.06 bits per heavy atom. The van der Waals surface area contributed by atoms with E-state index in [1.165, 1.54) is 4.90 Å². The molecule has 0 aliphatic carbocycles. The minimum Gasteiger partial charge on any atom is -0.507 e. The highest BCUT2D eigenvalue weighted by Gasteiger charge is 2.47. The van der Waals surface area contributed by atoms with Crippen LogP contribution in [0.2, 0.25) is 0 Å². The zero-order valence-electron chi connectivity index (χ0n) is 19.2. The number of methoxy groups -OCH3 is 1. The van der Waals surface area contributed by atoms with Crippen LogP contribution in [-0.4, -0.2) is 30.0 Å². The van der Waals surface area contributed by atoms with Crippen molar-refractivity contribution in [2.24, 2.45) is 0 Å². The van der Waals surface area contributed by atoms with Gasteiger partial charge in [0.25, 0.3) is 11.7 Å². The minimum absolute atomic E-state index is 0.0540. The molecule has 2 heterocycles. The van der Waals surface area contributed by atoms with Gasteiger partial charge in [0.05, 0.1) is 18.7 Å². The van der Waals surface area contributed by atoms with Gasteiger partial charge in [-0.1, -0.05) is 30.3 Å². The molecule has 6 nitrogen and oxygen atoms in total. The molecule has 1 fully saturated rings. The normalized spacial score (nSPS) is 20.9. The number of para-hydroxylation sites is 1. The number of carbonyl (C=O) groups is 2. The van der Waals surface area contributed by atoms with Gasteiger partial charge in [-0.2, -0.15) is 0 Å². The van der Waals surface area contributed by atoms with E-state index < -0.39 is 17.7 Å². The number of aryl methyl sites for hydroxylation is 1. The van der Waals surface area contributed by atoms with Crippen molar-refractivity contribution >= 4 is 23.1 Å². The maximum Gasteiger partial charge on any atom is 0.300 e. The molecular formula is C28H25NO5. The van der Waals surface area contributed by atoms with E-state index in [4.69, 9.17) is 9.47 Å². The lowest BCUT2D eigenvalue weighted by Gasteiger charge is -2.27. The first-order chi connectivity index (χ1) is 16.4. The zero-order chi connectivity index (χ0) is 24.0. The van der Waals surface area contributed by atoms with Crippen LogP contribution >= 0.6 is 0 Å². The van der Waals surface area contributed by atoms with Crippen molar-refractivity contribution in [3.05, 3.63) is 94.6 Å². The molecule has 2 aliphatic rings. The lowest BCUT2D eigenvalue weighted by molar-refractivity contribution is -0.132. The SMILES string of the molecule is COc1ccc(C2/C(=C(/O)c3ccc4c(c3)CC(C)O4)C(=O)C(=O)N2c2ccccc2C)cc1. The Bertz CT molecular complexity index is 1320. The van der Waals surface area contributed by atoms with Crippen molar-refractivity contribution in [1.29, 1.82) is 0 Å². The highest BCUT2D eigenvalue weighted by Crippen LogP contribution is 2.44. The number of fused-ring (bicyclic) bond motifs is 1. The van der Waals surface area contributed by atoms with Crippen LogP contribution < -0.4 is 14.4 Å². The van der Waals surface area contributed by atoms with Crippen molar-refractivity contribution in [3.63, 3.8) is 0 Å². The maximum atomic E-state index is 13.3. The molecule has 3 aromatic rings. The Hall–Kier alpha value is -4.06. The summed E-state index contributed by atoms with van der Waals surface area (Å²) in [6, 6.07) is 19.2. The number of ether oxygens (including phenoxy) is 2. The van der Waals surface area contributed by atoms with Crippen LogP contribution in [0.15, 0.2) is 72.3 Å². The van der Waals surface area contributed by atoms with Crippen LogP contribution in [0.5, 0.6) is 11.5 Å². The van der Waals surface area contributed by atoms with E-state index in [2.05, 4.69) is 0 Å². The number of aliphatic hydroxyl groups is 1. The molecule has 34 heavy (non-hydrogen) atoms. The first-order valence-corrected chi connectivity index (χ1v) is 11.2. The fraction of sp³-hybridized carbons (Fsp3) is 0.214. The van der Waals surface area contributed by atoms with Gasteiger partial charge in [0.2, 0.25) is 0 Å². The van der Waals surface area contributed by atoms with E-state index in [1.54, 1.807) is 31.4 Å². The molecule has 0 radical (unpaired) electrons. The second kappa shape index (κ2) is 8.37. The summed E-state index contributed by atoms with van der Waals surface area (Å²) in [7, 11) is 1.58. The van der Waals surface area contributed by atoms with Crippen molar-refractivity contribution < 1.29 is 24.2 Å². The van der Waals surface area contributed by atoms with Gasteiger partial charge >= 0.3 is 0 Å². The highest BCUT2D eigenvalue weighted by atomic mass is 16.5. The molecule has 1 N–H and O–H groups in total. The van der Waals surface area contributed by atoms with Gasteiger partial charge in [0, 0.05) is 17.7 Å². The van der Waals surface area contributed by atoms with Gasteiger partial charge < -0.3 is 14.6 Å². The number of nitrogens with zero attached hydrogens (tertiary/aromatic N) is 1. The second-order valence-corrected chi connectivity index (χ2v) is 8.68. The van der Waals surface area contributed by atoms with Crippen molar-refractivity contribution in [3.8, 4) is 11.5 Å². The smallest absolute Gasteiger partial charge is 0.300 e. The molecule has 0 aromatic heterocycles. The van der Waals surface area contributed by atoms with Gasteiger partial charge in [-0.3, -0.25) is 14.5 Å². The number of hydrogen-bond donors (Lipinski definition) is 1. The van der Waals surface area contributed by atoms with Gasteiger partial charge in [-0.15, -0.1) is 0 Å². The fourth-order valence-electron chi connectivity index (χ4n) is 4.74. The van der Waals surface area contributed by atoms with Crippen LogP contribution in [0.1, 0.15) is 35.2 Å². The van der Waals surface area contributed by atoms with Crippen LogP contribution in [0.4, 0.5) is 5.69 Å². The fourth-order valence-corrected chi connectivity index (χ4v) is 4.74. The lowest BCUT2D eigenvalue weighted by Crippen LogP contribution is -2.30. The van der Waals surface area contributed by atoms with Crippen LogP contribution in [-0.2, 0) is 16.0 Å². The average Bonchev–Trinajstić information content (AvgIpc) is 3.34. The molecule has 0 bridgehead atoms. The quantitative estimate of drug-likeness (QED) is 0.342. The highest BCUT2D eigenvalue weighted by molar-refractivity contribution is 6.51. The van der Waals surface area contributed by atoms with Gasteiger partial charge in [0.15, 0.2) is 0 Å². The number of carbonyl (C=O) groups excluding carboxylic acids is 2. The predicted octanol–water partition coefficient (Wildman–Crippen LogP) is 4.95. The molecule has 3 aromatic carbocycles. The molecular weight excluding hydrogens is 430 g/mol. The standard InChI is InChI=1S/C28H25NO5/c1-16-6-4-5-7-22(16)29-25(18-8-11-21(33-3)12-9-18)24(27(31)28(29)32)26(30)19-10-13-23-20(15-19)14-17(2)34-23/h4-13,15,17,25,30H,14H2,1-3H3/b26-24-. The van der Waals surface area contributed by atoms with E-state index in [1.807, 2.05) is 56.3 Å². The van der Waals surface area contributed by atoms with Crippen LogP contribution in [0, 0.1) is 6.92 Å². The van der Waals surface area contributed by atoms with Crippen molar-refractivity contribution in [1.82, 2.24) is 0 Å². The number of hydrogen-bond acceptors (Lipinski definition) is 5. The molecule has 0 spiro atoms. The van der Waals surface area contributed by atoms with Gasteiger partial charge in [-0.05, 0) is 66.9 Å². The number of aliphatic hydroxyl groups excluding tert-OH is 1. The first kappa shape index (κ1) is 21.8. The number of rotatable bonds is 4. The molecule has 0 saturated carbocycles. The Morgan fingerprint density at radius 3 is 2.50 bits per heavy atom. The molecule has 2 atom stereocenters. The van der Waals surface area contributed by atoms with E-state index >= 15 is 0 Å². The summed E-state index contributed by atoms with van der Waals surface area (Å²) in [6.45, 7) is 3.87. The Balaban J connectivity index is 1.69. The number of Topliss-reactive ketones (excluding diaryl/α,β-unsaturated/α-hetero) is 1. The number of ketones is 1. The summed E-state index contributed by atoms with van der Waals surface area (Å²) in [4.78, 5) is 28.2. The molecule has 172 valence electrons. The monoisotopic (exact) mass is 455 g/mol. The minimum atomic E-state index is -0.782. The molecule has 2 unspecified atom stereocenters. The van der Waals surface area contributed by atoms with E-state index in [-0.39, 0.29) is 17.4 Å². The average molecular weight is 456 g/mol. The summed E-state index contributed by atoms with van der Waals surface area (Å²) in [5.74, 6) is -0.153. The maximum absolute atomic E-state index is 13.3. The Labute approximate surface area is 198 Å². The number of anilines is 1. The first-order valence-electron chi connectivity index (χ1n) is 11.2. The summed E-state index contributed by atoms with van der Waals surface area (Å²) in [5.41, 5.74) is 3.68. The summed E-state index contributed by atoms with van der Waals surface area (Å²) in [5, 5.41) is 11.4. The van der Waals surface area contributed by atoms with Crippen molar-refractivity contribution in [2.45, 2.75) is 32.4 Å². The van der Waals surface area contributed by atoms with E-state index in [9.17, 15) is 14.7 Å². The molecule has 1 saturated heterocycles. The van der Waals surface area contributed by atoms with Crippen LogP contribution in [0.25, 0.3) is 5.76 Å². The van der Waals surface area contributed by atoms with E-state index in [0.717, 1.165) is 23.3 Å². The third-order valence-corrected chi connectivity index (χ3v) is 6.42. The largest absolute Gasteiger partial charge is 0.507 e. The molecule has 2 aliphatic heterocycles. The summed E-state index contributed by atoms with van der Waals surface area (Å²) < 4.78 is 11.0. The van der Waals surface area contributed by atoms with E-state index in [0.29, 0.717) is 22.6 Å². The molecule has 1 amide bonds. The lowest BCUT2D eigenvalue weighted by atomic mass is 9.94. The predicted molar refractivity (Wildman–Crippen MR) is 129 cm³/mol. The third kappa shape index (κ3) is 3.52. The summed E-state index contributed by atoms with van der Waals surface area (Å²) in [6.07, 6.45) is 0.772. The number of amides is 1. The second-order valence-electron chi connectivity index (χ2n) is 8.68. The van der Waals surface area contributed by atoms with Gasteiger partial charge in [0.1, 0.15) is 23.4 Å².